The van der Waals surface area contributed by atoms with Crippen molar-refractivity contribution in [1.29, 1.82) is 0 Å². The lowest BCUT2D eigenvalue weighted by molar-refractivity contribution is -0.123. The van der Waals surface area contributed by atoms with Crippen LogP contribution in [0.4, 0.5) is 0 Å². The van der Waals surface area contributed by atoms with Gasteiger partial charge in [-0.25, -0.2) is 4.68 Å². The molecule has 0 aliphatic heterocycles. The quantitative estimate of drug-likeness (QED) is 0.748. The van der Waals surface area contributed by atoms with E-state index in [2.05, 4.69) is 26.3 Å². The van der Waals surface area contributed by atoms with Crippen LogP contribution >= 0.6 is 15.9 Å². The molecular weight excluding hydrogens is 414 g/mol. The summed E-state index contributed by atoms with van der Waals surface area (Å²) in [6.07, 6.45) is 2.84. The summed E-state index contributed by atoms with van der Waals surface area (Å²) in [6, 6.07) is 5.27. The highest BCUT2D eigenvalue weighted by molar-refractivity contribution is 9.10. The van der Waals surface area contributed by atoms with E-state index in [0.717, 1.165) is 22.0 Å². The molecule has 2 saturated carbocycles. The highest BCUT2D eigenvalue weighted by Gasteiger charge is 2.29. The van der Waals surface area contributed by atoms with Gasteiger partial charge in [-0.1, -0.05) is 29.8 Å². The molecule has 8 heteroatoms. The van der Waals surface area contributed by atoms with Crippen molar-refractivity contribution < 1.29 is 14.6 Å². The number of aliphatic hydroxyl groups excluding tert-OH is 1. The van der Waals surface area contributed by atoms with Crippen LogP contribution in [0.5, 0.6) is 5.88 Å². The van der Waals surface area contributed by atoms with Crippen LogP contribution in [0.2, 0.25) is 0 Å². The van der Waals surface area contributed by atoms with Gasteiger partial charge in [0.1, 0.15) is 12.6 Å². The lowest BCUT2D eigenvalue weighted by Crippen LogP contribution is -2.48. The molecule has 0 spiro atoms. The third-order valence-corrected chi connectivity index (χ3v) is 4.96. The fourth-order valence-electron chi connectivity index (χ4n) is 2.88. The van der Waals surface area contributed by atoms with Crippen molar-refractivity contribution in [3.05, 3.63) is 33.0 Å². The fraction of sp³-hybridized carbons (Fsp3) is 0.526. The second kappa shape index (κ2) is 8.39. The average molecular weight is 438 g/mol. The Morgan fingerprint density at radius 3 is 2.67 bits per heavy atom. The number of nitrogens with zero attached hydrogens (tertiary/aromatic N) is 2. The van der Waals surface area contributed by atoms with Gasteiger partial charge in [-0.05, 0) is 43.9 Å². The van der Waals surface area contributed by atoms with Crippen LogP contribution in [0, 0.1) is 0 Å². The minimum Gasteiger partial charge on any atom is -0.473 e. The fourth-order valence-corrected chi connectivity index (χ4v) is 3.24. The van der Waals surface area contributed by atoms with E-state index in [1.165, 1.54) is 0 Å². The van der Waals surface area contributed by atoms with Crippen molar-refractivity contribution in [3.8, 4) is 5.88 Å². The van der Waals surface area contributed by atoms with Gasteiger partial charge in [-0.2, -0.15) is 0 Å². The molecule has 1 aromatic carbocycles. The molecule has 0 saturated heterocycles. The first kappa shape index (κ1) is 19.8. The molecule has 2 aliphatic carbocycles. The third-order valence-electron chi connectivity index (χ3n) is 4.46. The first-order valence-corrected chi connectivity index (χ1v) is 10.1. The lowest BCUT2D eigenvalue weighted by atomic mass is 9.89. The zero-order valence-electron chi connectivity index (χ0n) is 15.4. The first-order chi connectivity index (χ1) is 13.0. The number of nitrogens with one attached hydrogen (secondary N) is 1. The number of ether oxygens (including phenoxy) is 1. The molecule has 146 valence electrons. The van der Waals surface area contributed by atoms with Gasteiger partial charge >= 0.3 is 0 Å². The number of aromatic nitrogens is 2. The SMILES string of the molecule is CC.O=C(Cn1nc(OC2CC2)c2cc(Br)ccc2c1=O)NC1CC(O)C1. The van der Waals surface area contributed by atoms with Crippen LogP contribution in [-0.2, 0) is 11.3 Å². The molecule has 4 rings (SSSR count). The molecule has 1 amide bonds. The second-order valence-electron chi connectivity index (χ2n) is 6.66. The van der Waals surface area contributed by atoms with E-state index in [0.29, 0.717) is 29.5 Å². The predicted octanol–water partition coefficient (Wildman–Crippen LogP) is 2.37. The van der Waals surface area contributed by atoms with E-state index < -0.39 is 0 Å². The Labute approximate surface area is 165 Å². The molecule has 1 aromatic heterocycles. The summed E-state index contributed by atoms with van der Waals surface area (Å²) in [5.74, 6) is 0.0885. The maximum absolute atomic E-state index is 12.7. The standard InChI is InChI=1S/C17H18BrN3O4.C2H6/c18-9-1-4-13-14(5-9)16(25-12-2-3-12)20-21(17(13)24)8-15(23)19-10-6-11(22)7-10;1-2/h1,4-5,10-12,22H,2-3,6-8H2,(H,19,23);1-2H3. The molecule has 0 unspecified atom stereocenters. The third kappa shape index (κ3) is 4.68. The van der Waals surface area contributed by atoms with Crippen molar-refractivity contribution in [2.24, 2.45) is 0 Å². The van der Waals surface area contributed by atoms with E-state index in [4.69, 9.17) is 4.74 Å². The van der Waals surface area contributed by atoms with E-state index in [1.807, 2.05) is 19.9 Å². The summed E-state index contributed by atoms with van der Waals surface area (Å²) in [5, 5.41) is 17.5. The van der Waals surface area contributed by atoms with Crippen LogP contribution in [0.1, 0.15) is 39.5 Å². The number of hydrogen-bond acceptors (Lipinski definition) is 5. The average Bonchev–Trinajstić information content (AvgIpc) is 3.43. The molecule has 2 N–H and O–H groups in total. The Kier molecular flexibility index (Phi) is 6.16. The predicted molar refractivity (Wildman–Crippen MR) is 106 cm³/mol. The van der Waals surface area contributed by atoms with Gasteiger partial charge < -0.3 is 15.2 Å². The van der Waals surface area contributed by atoms with Crippen LogP contribution in [0.25, 0.3) is 10.8 Å². The van der Waals surface area contributed by atoms with Crippen molar-refractivity contribution in [2.75, 3.05) is 0 Å². The molecule has 2 fully saturated rings. The van der Waals surface area contributed by atoms with Crippen molar-refractivity contribution in [1.82, 2.24) is 15.1 Å². The Hall–Kier alpha value is -1.93. The van der Waals surface area contributed by atoms with E-state index in [-0.39, 0.29) is 36.3 Å². The molecule has 27 heavy (non-hydrogen) atoms. The smallest absolute Gasteiger partial charge is 0.275 e. The Morgan fingerprint density at radius 2 is 2.04 bits per heavy atom. The number of halogens is 1. The number of carbonyl (C=O) groups excluding carboxylic acids is 1. The number of aliphatic hydroxyl groups is 1. The monoisotopic (exact) mass is 437 g/mol. The van der Waals surface area contributed by atoms with Crippen LogP contribution < -0.4 is 15.6 Å². The van der Waals surface area contributed by atoms with Crippen LogP contribution in [0.15, 0.2) is 27.5 Å². The Bertz CT molecular complexity index is 888. The number of amides is 1. The molecule has 2 aliphatic rings. The van der Waals surface area contributed by atoms with Gasteiger partial charge in [0.25, 0.3) is 5.56 Å². The van der Waals surface area contributed by atoms with Crippen molar-refractivity contribution >= 4 is 32.6 Å². The minimum absolute atomic E-state index is 0.0307. The number of rotatable bonds is 5. The second-order valence-corrected chi connectivity index (χ2v) is 7.58. The van der Waals surface area contributed by atoms with Crippen molar-refractivity contribution in [3.63, 3.8) is 0 Å². The molecule has 2 aromatic rings. The minimum atomic E-state index is -0.344. The molecular formula is C19H24BrN3O4. The van der Waals surface area contributed by atoms with Gasteiger partial charge in [0, 0.05) is 10.5 Å². The van der Waals surface area contributed by atoms with E-state index in [9.17, 15) is 14.7 Å². The zero-order chi connectivity index (χ0) is 19.6. The van der Waals surface area contributed by atoms with Gasteiger partial charge in [0.2, 0.25) is 11.8 Å². The van der Waals surface area contributed by atoms with Crippen LogP contribution in [-0.4, -0.2) is 39.0 Å². The summed E-state index contributed by atoms with van der Waals surface area (Å²) < 4.78 is 7.83. The van der Waals surface area contributed by atoms with Gasteiger partial charge in [0.05, 0.1) is 16.9 Å². The maximum Gasteiger partial charge on any atom is 0.275 e. The number of hydrogen-bond donors (Lipinski definition) is 2. The van der Waals surface area contributed by atoms with Gasteiger partial charge in [-0.3, -0.25) is 9.59 Å². The summed E-state index contributed by atoms with van der Waals surface area (Å²) >= 11 is 3.40. The summed E-state index contributed by atoms with van der Waals surface area (Å²) in [7, 11) is 0. The lowest BCUT2D eigenvalue weighted by Gasteiger charge is -2.31. The largest absolute Gasteiger partial charge is 0.473 e. The van der Waals surface area contributed by atoms with Crippen molar-refractivity contribution in [2.45, 2.75) is 64.3 Å². The summed E-state index contributed by atoms with van der Waals surface area (Å²) in [4.78, 5) is 24.8. The number of benzene rings is 1. The highest BCUT2D eigenvalue weighted by Crippen LogP contribution is 2.30. The van der Waals surface area contributed by atoms with E-state index >= 15 is 0 Å². The van der Waals surface area contributed by atoms with E-state index in [1.54, 1.807) is 12.1 Å². The first-order valence-electron chi connectivity index (χ1n) is 9.34. The molecule has 1 heterocycles. The maximum atomic E-state index is 12.7. The summed E-state index contributed by atoms with van der Waals surface area (Å²) in [5.41, 5.74) is -0.325. The normalized spacial score (nSPS) is 21.0. The molecule has 0 atom stereocenters. The molecule has 7 nitrogen and oxygen atoms in total. The highest BCUT2D eigenvalue weighted by atomic mass is 79.9. The zero-order valence-corrected chi connectivity index (χ0v) is 17.0. The Balaban J connectivity index is 0.00000102. The molecule has 0 bridgehead atoms. The number of fused-ring (bicyclic) bond motifs is 1. The summed E-state index contributed by atoms with van der Waals surface area (Å²) in [6.45, 7) is 3.83. The molecule has 0 radical (unpaired) electrons. The number of carbonyl (C=O) groups is 1. The van der Waals surface area contributed by atoms with Gasteiger partial charge in [0.15, 0.2) is 0 Å². The van der Waals surface area contributed by atoms with Gasteiger partial charge in [-0.15, -0.1) is 5.10 Å². The topological polar surface area (TPSA) is 93.5 Å². The van der Waals surface area contributed by atoms with Crippen LogP contribution in [0.3, 0.4) is 0 Å². The Morgan fingerprint density at radius 1 is 1.33 bits per heavy atom.